The van der Waals surface area contributed by atoms with Crippen LogP contribution < -0.4 is 0 Å². The quantitative estimate of drug-likeness (QED) is 0.379. The van der Waals surface area contributed by atoms with Crippen LogP contribution in [-0.4, -0.2) is 20.7 Å². The number of rotatable bonds is 9. The van der Waals surface area contributed by atoms with Crippen molar-refractivity contribution >= 4 is 14.6 Å². The Bertz CT molecular complexity index is 285. The molecule has 0 rings (SSSR count). The molecule has 0 aliphatic carbocycles. The molecule has 0 heterocycles. The highest BCUT2D eigenvalue weighted by Crippen LogP contribution is 2.55. The summed E-state index contributed by atoms with van der Waals surface area (Å²) in [6.07, 6.45) is 6.25. The molecular formula is C18H38O2Si. The van der Waals surface area contributed by atoms with E-state index in [0.717, 1.165) is 31.6 Å². The first-order chi connectivity index (χ1) is 9.55. The second-order valence-electron chi connectivity index (χ2n) is 8.37. The molecule has 1 atom stereocenters. The van der Waals surface area contributed by atoms with Crippen molar-refractivity contribution in [2.24, 2.45) is 0 Å². The fourth-order valence-electron chi connectivity index (χ4n) is 3.53. The van der Waals surface area contributed by atoms with Crippen LogP contribution >= 0.6 is 0 Å². The molecule has 0 aromatic heterocycles. The van der Waals surface area contributed by atoms with E-state index < -0.39 is 8.32 Å². The first-order valence-electron chi connectivity index (χ1n) is 8.68. The Balaban J connectivity index is 5.49. The molecule has 0 aliphatic heterocycles. The van der Waals surface area contributed by atoms with Gasteiger partial charge in [-0.1, -0.05) is 81.1 Å². The predicted octanol–water partition coefficient (Wildman–Crippen LogP) is 6.11. The van der Waals surface area contributed by atoms with Crippen molar-refractivity contribution in [2.75, 3.05) is 0 Å². The molecule has 0 spiro atoms. The Kier molecular flexibility index (Phi) is 8.41. The number of hydrogen-bond donors (Lipinski definition) is 0. The zero-order valence-electron chi connectivity index (χ0n) is 15.7. The van der Waals surface area contributed by atoms with E-state index >= 15 is 0 Å². The number of hydrogen-bond acceptors (Lipinski definition) is 2. The summed E-state index contributed by atoms with van der Waals surface area (Å²) < 4.78 is 6.69. The summed E-state index contributed by atoms with van der Waals surface area (Å²) in [7, 11) is -2.08. The lowest BCUT2D eigenvalue weighted by molar-refractivity contribution is -0.114. The van der Waals surface area contributed by atoms with Gasteiger partial charge in [-0.3, -0.25) is 0 Å². The van der Waals surface area contributed by atoms with E-state index in [1.807, 2.05) is 0 Å². The van der Waals surface area contributed by atoms with Crippen LogP contribution in [0.5, 0.6) is 0 Å². The minimum Gasteiger partial charge on any atom is -0.406 e. The lowest BCUT2D eigenvalue weighted by Crippen LogP contribution is -2.56. The van der Waals surface area contributed by atoms with Crippen LogP contribution in [-0.2, 0) is 9.22 Å². The Morgan fingerprint density at radius 2 is 1.43 bits per heavy atom. The predicted molar refractivity (Wildman–Crippen MR) is 95.4 cm³/mol. The zero-order valence-corrected chi connectivity index (χ0v) is 16.7. The molecule has 0 amide bonds. The van der Waals surface area contributed by atoms with E-state index in [-0.39, 0.29) is 16.2 Å². The summed E-state index contributed by atoms with van der Waals surface area (Å²) in [5.74, 6) is 0. The van der Waals surface area contributed by atoms with Gasteiger partial charge in [-0.05, 0) is 22.5 Å². The third kappa shape index (κ3) is 5.52. The van der Waals surface area contributed by atoms with Gasteiger partial charge in [-0.25, -0.2) is 0 Å². The fourth-order valence-corrected chi connectivity index (χ4v) is 9.65. The summed E-state index contributed by atoms with van der Waals surface area (Å²) >= 11 is 0. The third-order valence-corrected chi connectivity index (χ3v) is 11.3. The molecule has 0 aromatic carbocycles. The van der Waals surface area contributed by atoms with Crippen LogP contribution in [0.3, 0.4) is 0 Å². The van der Waals surface area contributed by atoms with Crippen LogP contribution in [0.15, 0.2) is 0 Å². The van der Waals surface area contributed by atoms with E-state index in [0.29, 0.717) is 0 Å². The van der Waals surface area contributed by atoms with Crippen LogP contribution in [0.2, 0.25) is 16.1 Å². The molecule has 0 saturated heterocycles. The maximum absolute atomic E-state index is 11.5. The van der Waals surface area contributed by atoms with Crippen molar-refractivity contribution in [1.29, 1.82) is 0 Å². The van der Waals surface area contributed by atoms with Crippen molar-refractivity contribution in [2.45, 2.75) is 110 Å². The molecule has 21 heavy (non-hydrogen) atoms. The summed E-state index contributed by atoms with van der Waals surface area (Å²) in [6, 6.07) is 1.15. The lowest BCUT2D eigenvalue weighted by atomic mass is 10.2. The van der Waals surface area contributed by atoms with Crippen LogP contribution in [0.1, 0.15) is 87.5 Å². The van der Waals surface area contributed by atoms with Gasteiger partial charge < -0.3 is 9.22 Å². The van der Waals surface area contributed by atoms with Crippen LogP contribution in [0, 0.1) is 0 Å². The van der Waals surface area contributed by atoms with E-state index in [4.69, 9.17) is 4.43 Å². The average Bonchev–Trinajstić information content (AvgIpc) is 2.35. The molecule has 0 radical (unpaired) electrons. The van der Waals surface area contributed by atoms with Gasteiger partial charge >= 0.3 is 0 Å². The molecule has 0 saturated carbocycles. The molecule has 0 bridgehead atoms. The number of carbonyl (C=O) groups is 1. The minimum absolute atomic E-state index is 0.133. The van der Waals surface area contributed by atoms with E-state index in [1.165, 1.54) is 12.8 Å². The van der Waals surface area contributed by atoms with Crippen molar-refractivity contribution in [3.05, 3.63) is 0 Å². The largest absolute Gasteiger partial charge is 0.406 e. The average molecular weight is 315 g/mol. The van der Waals surface area contributed by atoms with Gasteiger partial charge in [0, 0.05) is 0 Å². The molecular weight excluding hydrogens is 276 g/mol. The maximum Gasteiger partial charge on any atom is 0.204 e. The second kappa shape index (κ2) is 8.47. The molecule has 2 nitrogen and oxygen atoms in total. The minimum atomic E-state index is -2.08. The highest BCUT2D eigenvalue weighted by molar-refractivity contribution is 6.79. The highest BCUT2D eigenvalue weighted by atomic mass is 28.4. The van der Waals surface area contributed by atoms with E-state index in [2.05, 4.69) is 55.4 Å². The van der Waals surface area contributed by atoms with Crippen molar-refractivity contribution in [3.63, 3.8) is 0 Å². The highest BCUT2D eigenvalue weighted by Gasteiger charge is 2.55. The van der Waals surface area contributed by atoms with Gasteiger partial charge in [-0.2, -0.15) is 0 Å². The summed E-state index contributed by atoms with van der Waals surface area (Å²) in [5.41, 5.74) is 0. The van der Waals surface area contributed by atoms with E-state index in [1.54, 1.807) is 0 Å². The molecule has 0 N–H and O–H groups in total. The summed E-state index contributed by atoms with van der Waals surface area (Å²) in [5, 5.41) is 0.266. The van der Waals surface area contributed by atoms with Crippen molar-refractivity contribution in [3.8, 4) is 0 Å². The molecule has 3 heteroatoms. The van der Waals surface area contributed by atoms with Gasteiger partial charge in [-0.15, -0.1) is 0 Å². The Morgan fingerprint density at radius 3 is 1.76 bits per heavy atom. The first kappa shape index (κ1) is 20.8. The maximum atomic E-state index is 11.5. The van der Waals surface area contributed by atoms with Gasteiger partial charge in [0.05, 0.1) is 0 Å². The van der Waals surface area contributed by atoms with E-state index in [9.17, 15) is 4.79 Å². The fraction of sp³-hybridized carbons (Fsp3) is 0.944. The normalized spacial score (nSPS) is 15.0. The number of aldehydes is 1. The first-order valence-corrected chi connectivity index (χ1v) is 10.8. The third-order valence-electron chi connectivity index (χ3n) is 4.65. The standard InChI is InChI=1S/C18H38O2Si/c1-9-11-13-16(15-19)20-21(14-12-10-2,17(3,4)5)18(6,7)8/h15-16H,9-14H2,1-8H3. The number of carbonyl (C=O) groups excluding carboxylic acids is 1. The summed E-state index contributed by atoms with van der Waals surface area (Å²) in [4.78, 5) is 11.5. The Hall–Kier alpha value is -0.153. The molecule has 0 fully saturated rings. The SMILES string of the molecule is CCCCC(C=O)O[Si](CCCC)(C(C)(C)C)C(C)(C)C. The smallest absolute Gasteiger partial charge is 0.204 e. The molecule has 1 unspecified atom stereocenters. The van der Waals surface area contributed by atoms with Gasteiger partial charge in [0.2, 0.25) is 8.32 Å². The molecule has 0 aromatic rings. The van der Waals surface area contributed by atoms with Gasteiger partial charge in [0.25, 0.3) is 0 Å². The Labute approximate surface area is 134 Å². The Morgan fingerprint density at radius 1 is 0.952 bits per heavy atom. The van der Waals surface area contributed by atoms with Crippen LogP contribution in [0.4, 0.5) is 0 Å². The van der Waals surface area contributed by atoms with Gasteiger partial charge in [0.15, 0.2) is 0 Å². The zero-order chi connectivity index (χ0) is 16.7. The second-order valence-corrected chi connectivity index (χ2v) is 13.8. The number of unbranched alkanes of at least 4 members (excludes halogenated alkanes) is 2. The van der Waals surface area contributed by atoms with Gasteiger partial charge in [0.1, 0.15) is 12.4 Å². The molecule has 0 aliphatic rings. The lowest BCUT2D eigenvalue weighted by Gasteiger charge is -2.52. The topological polar surface area (TPSA) is 26.3 Å². The van der Waals surface area contributed by atoms with Crippen molar-refractivity contribution < 1.29 is 9.22 Å². The summed E-state index contributed by atoms with van der Waals surface area (Å²) in [6.45, 7) is 18.2. The van der Waals surface area contributed by atoms with Crippen LogP contribution in [0.25, 0.3) is 0 Å². The van der Waals surface area contributed by atoms with Crippen molar-refractivity contribution in [1.82, 2.24) is 0 Å². The monoisotopic (exact) mass is 314 g/mol. The molecule has 126 valence electrons.